The molecule has 3 aromatic carbocycles. The highest BCUT2D eigenvalue weighted by Crippen LogP contribution is 2.33. The fourth-order valence-corrected chi connectivity index (χ4v) is 4.45. The summed E-state index contributed by atoms with van der Waals surface area (Å²) < 4.78 is 16.5. The minimum absolute atomic E-state index is 0.181. The first-order chi connectivity index (χ1) is 19.3. The molecule has 1 saturated heterocycles. The molecule has 6 atom stereocenters. The van der Waals surface area contributed by atoms with Crippen LogP contribution in [-0.2, 0) is 20.7 Å². The van der Waals surface area contributed by atoms with Crippen molar-refractivity contribution < 1.29 is 44.2 Å². The van der Waals surface area contributed by atoms with E-state index in [2.05, 4.69) is 5.32 Å². The van der Waals surface area contributed by atoms with Gasteiger partial charge in [-0.2, -0.15) is 0 Å². The van der Waals surface area contributed by atoms with Crippen molar-refractivity contribution in [3.63, 3.8) is 0 Å². The van der Waals surface area contributed by atoms with E-state index in [0.29, 0.717) is 16.7 Å². The van der Waals surface area contributed by atoms with Gasteiger partial charge in [-0.15, -0.1) is 0 Å². The number of amides is 1. The number of esters is 1. The lowest BCUT2D eigenvalue weighted by molar-refractivity contribution is -0.277. The number of carbonyl (C=O) groups excluding carboxylic acids is 2. The maximum atomic E-state index is 13.2. The topological polar surface area (TPSA) is 155 Å². The van der Waals surface area contributed by atoms with Crippen molar-refractivity contribution in [2.24, 2.45) is 0 Å². The quantitative estimate of drug-likeness (QED) is 0.235. The number of para-hydroxylation sites is 1. The van der Waals surface area contributed by atoms with Gasteiger partial charge >= 0.3 is 5.97 Å². The summed E-state index contributed by atoms with van der Waals surface area (Å²) in [7, 11) is 0. The number of benzene rings is 3. The van der Waals surface area contributed by atoms with Crippen LogP contribution in [0.2, 0.25) is 0 Å². The van der Waals surface area contributed by atoms with Crippen molar-refractivity contribution in [3.8, 4) is 16.9 Å². The third-order valence-corrected chi connectivity index (χ3v) is 6.57. The molecule has 40 heavy (non-hydrogen) atoms. The lowest BCUT2D eigenvalue weighted by atomic mass is 9.99. The maximum absolute atomic E-state index is 13.2. The first kappa shape index (κ1) is 29.2. The molecule has 0 radical (unpaired) electrons. The van der Waals surface area contributed by atoms with Crippen LogP contribution in [-0.4, -0.2) is 82.3 Å². The van der Waals surface area contributed by atoms with Crippen molar-refractivity contribution in [3.05, 3.63) is 90.0 Å². The van der Waals surface area contributed by atoms with Crippen LogP contribution in [0.5, 0.6) is 5.75 Å². The summed E-state index contributed by atoms with van der Waals surface area (Å²) >= 11 is 0. The van der Waals surface area contributed by atoms with Crippen LogP contribution in [0, 0.1) is 0 Å². The Morgan fingerprint density at radius 2 is 1.65 bits per heavy atom. The molecular weight excluding hydrogens is 518 g/mol. The van der Waals surface area contributed by atoms with Gasteiger partial charge in [0.2, 0.25) is 6.29 Å². The van der Waals surface area contributed by atoms with Gasteiger partial charge in [0.05, 0.1) is 13.2 Å². The Morgan fingerprint density at radius 1 is 0.925 bits per heavy atom. The monoisotopic (exact) mass is 551 g/mol. The van der Waals surface area contributed by atoms with Gasteiger partial charge < -0.3 is 40.0 Å². The van der Waals surface area contributed by atoms with Crippen LogP contribution >= 0.6 is 0 Å². The molecule has 0 bridgehead atoms. The zero-order valence-electron chi connectivity index (χ0n) is 21.9. The molecule has 10 heteroatoms. The van der Waals surface area contributed by atoms with Gasteiger partial charge in [-0.1, -0.05) is 60.7 Å². The van der Waals surface area contributed by atoms with Crippen molar-refractivity contribution in [2.45, 2.75) is 50.1 Å². The van der Waals surface area contributed by atoms with Crippen molar-refractivity contribution >= 4 is 11.9 Å². The van der Waals surface area contributed by atoms with Gasteiger partial charge in [0.15, 0.2) is 0 Å². The van der Waals surface area contributed by atoms with Crippen LogP contribution in [0.15, 0.2) is 78.9 Å². The van der Waals surface area contributed by atoms with Gasteiger partial charge in [0.25, 0.3) is 5.91 Å². The fraction of sp³-hybridized carbons (Fsp3) is 0.333. The molecule has 0 saturated carbocycles. The zero-order valence-corrected chi connectivity index (χ0v) is 21.9. The average Bonchev–Trinajstić information content (AvgIpc) is 2.98. The summed E-state index contributed by atoms with van der Waals surface area (Å²) in [5.74, 6) is -0.727. The number of carbonyl (C=O) groups is 2. The summed E-state index contributed by atoms with van der Waals surface area (Å²) in [5.41, 5.74) is 2.32. The molecule has 10 nitrogen and oxygen atoms in total. The second-order valence-corrected chi connectivity index (χ2v) is 9.36. The van der Waals surface area contributed by atoms with E-state index < -0.39 is 55.2 Å². The van der Waals surface area contributed by atoms with Gasteiger partial charge in [-0.3, -0.25) is 4.79 Å². The molecule has 1 fully saturated rings. The number of aliphatic hydroxyl groups excluding tert-OH is 4. The predicted molar refractivity (Wildman–Crippen MR) is 144 cm³/mol. The molecule has 1 heterocycles. The van der Waals surface area contributed by atoms with E-state index in [1.54, 1.807) is 55.5 Å². The lowest BCUT2D eigenvalue weighted by Crippen LogP contribution is -2.60. The van der Waals surface area contributed by atoms with E-state index in [1.165, 1.54) is 0 Å². The van der Waals surface area contributed by atoms with Gasteiger partial charge in [-0.25, -0.2) is 4.79 Å². The average molecular weight is 552 g/mol. The second-order valence-electron chi connectivity index (χ2n) is 9.36. The van der Waals surface area contributed by atoms with Gasteiger partial charge in [0, 0.05) is 17.5 Å². The molecule has 0 spiro atoms. The highest BCUT2D eigenvalue weighted by atomic mass is 16.7. The Balaban J connectivity index is 1.55. The smallest absolute Gasteiger partial charge is 0.328 e. The Bertz CT molecular complexity index is 1280. The third kappa shape index (κ3) is 6.85. The molecule has 1 aliphatic heterocycles. The SMILES string of the molecule is CCOC(=O)[C@H](Cc1ccccc1)NC(=O)c1cccc(-c2ccccc2O[C@H]2O[C@H](CO)[C@@H](O)[C@H](O)[C@@H]2O)c1. The molecule has 0 aliphatic carbocycles. The number of rotatable bonds is 10. The normalized spacial score (nSPS) is 23.2. The Hall–Kier alpha value is -3.80. The first-order valence-corrected chi connectivity index (χ1v) is 13.0. The standard InChI is InChI=1S/C30H33NO9/c1-2-38-29(37)22(15-18-9-4-3-5-10-18)31-28(36)20-12-8-11-19(16-20)21-13-6-7-14-23(21)39-30-27(35)26(34)25(33)24(17-32)40-30/h3-14,16,22,24-27,30,32-35H,2,15,17H2,1H3,(H,31,36)/t22-,24+,25+,26-,27-,30-/m0/s1. The predicted octanol–water partition coefficient (Wildman–Crippen LogP) is 1.44. The summed E-state index contributed by atoms with van der Waals surface area (Å²) in [5, 5.41) is 42.8. The molecule has 1 amide bonds. The lowest BCUT2D eigenvalue weighted by Gasteiger charge is -2.39. The minimum atomic E-state index is -1.58. The maximum Gasteiger partial charge on any atom is 0.328 e. The van der Waals surface area contributed by atoms with E-state index in [-0.39, 0.29) is 18.8 Å². The molecule has 5 N–H and O–H groups in total. The summed E-state index contributed by atoms with van der Waals surface area (Å²) in [6.45, 7) is 1.30. The van der Waals surface area contributed by atoms with Crippen molar-refractivity contribution in [1.82, 2.24) is 5.32 Å². The molecule has 4 rings (SSSR count). The Kier molecular flexibility index (Phi) is 9.86. The molecular formula is C30H33NO9. The number of aliphatic hydroxyl groups is 4. The Labute approximate surface area is 231 Å². The molecule has 1 aliphatic rings. The first-order valence-electron chi connectivity index (χ1n) is 13.0. The van der Waals surface area contributed by atoms with E-state index in [1.807, 2.05) is 30.3 Å². The van der Waals surface area contributed by atoms with Crippen LogP contribution in [0.4, 0.5) is 0 Å². The van der Waals surface area contributed by atoms with Crippen LogP contribution in [0.1, 0.15) is 22.8 Å². The van der Waals surface area contributed by atoms with Crippen molar-refractivity contribution in [2.75, 3.05) is 13.2 Å². The van der Waals surface area contributed by atoms with Crippen LogP contribution in [0.25, 0.3) is 11.1 Å². The summed E-state index contributed by atoms with van der Waals surface area (Å²) in [6.07, 6.45) is -6.89. The van der Waals surface area contributed by atoms with Crippen LogP contribution in [0.3, 0.4) is 0 Å². The van der Waals surface area contributed by atoms with Crippen molar-refractivity contribution in [1.29, 1.82) is 0 Å². The van der Waals surface area contributed by atoms with Crippen LogP contribution < -0.4 is 10.1 Å². The van der Waals surface area contributed by atoms with E-state index in [0.717, 1.165) is 5.56 Å². The summed E-state index contributed by atoms with van der Waals surface area (Å²) in [6, 6.07) is 22.0. The third-order valence-electron chi connectivity index (χ3n) is 6.57. The largest absolute Gasteiger partial charge is 0.464 e. The molecule has 0 aromatic heterocycles. The van der Waals surface area contributed by atoms with Gasteiger partial charge in [-0.05, 0) is 36.2 Å². The number of hydrogen-bond acceptors (Lipinski definition) is 9. The zero-order chi connectivity index (χ0) is 28.6. The van der Waals surface area contributed by atoms with Gasteiger partial charge in [0.1, 0.15) is 36.2 Å². The number of nitrogens with one attached hydrogen (secondary N) is 1. The van der Waals surface area contributed by atoms with E-state index in [9.17, 15) is 30.0 Å². The number of hydrogen-bond donors (Lipinski definition) is 5. The number of ether oxygens (including phenoxy) is 3. The molecule has 212 valence electrons. The Morgan fingerprint density at radius 3 is 2.38 bits per heavy atom. The fourth-order valence-electron chi connectivity index (χ4n) is 4.45. The highest BCUT2D eigenvalue weighted by Gasteiger charge is 2.44. The highest BCUT2D eigenvalue weighted by molar-refractivity contribution is 5.98. The minimum Gasteiger partial charge on any atom is -0.464 e. The molecule has 3 aromatic rings. The molecule has 0 unspecified atom stereocenters. The van der Waals surface area contributed by atoms with E-state index >= 15 is 0 Å². The summed E-state index contributed by atoms with van der Waals surface area (Å²) in [4.78, 5) is 25.9. The van der Waals surface area contributed by atoms with E-state index in [4.69, 9.17) is 14.2 Å². The second kappa shape index (κ2) is 13.5.